The number of esters is 1. The molecule has 0 aliphatic carbocycles. The number of ether oxygens (including phenoxy) is 2. The summed E-state index contributed by atoms with van der Waals surface area (Å²) in [4.78, 5) is 24.8. The van der Waals surface area contributed by atoms with Crippen LogP contribution < -0.4 is 10.4 Å². The maximum Gasteiger partial charge on any atom is 0.336 e. The van der Waals surface area contributed by atoms with Gasteiger partial charge in [-0.2, -0.15) is 0 Å². The van der Waals surface area contributed by atoms with Gasteiger partial charge in [0.2, 0.25) is 0 Å². The number of rotatable bonds is 6. The van der Waals surface area contributed by atoms with E-state index >= 15 is 0 Å². The van der Waals surface area contributed by atoms with Crippen LogP contribution in [-0.2, 0) is 16.1 Å². The van der Waals surface area contributed by atoms with Crippen LogP contribution in [0.25, 0.3) is 11.0 Å². The first kappa shape index (κ1) is 19.0. The Balaban J connectivity index is 1.66. The van der Waals surface area contributed by atoms with E-state index in [-0.39, 0.29) is 18.3 Å². The lowest BCUT2D eigenvalue weighted by molar-refractivity contribution is -0.141. The van der Waals surface area contributed by atoms with Gasteiger partial charge in [-0.3, -0.25) is 4.79 Å². The zero-order valence-electron chi connectivity index (χ0n) is 15.4. The fourth-order valence-electron chi connectivity index (χ4n) is 2.62. The molecule has 0 aliphatic rings. The number of thioether (sulfide) groups is 1. The molecule has 2 aromatic carbocycles. The number of carbonyl (C=O) groups is 1. The molecular formula is C21H20O5S. The maximum atomic E-state index is 12.1. The van der Waals surface area contributed by atoms with E-state index in [1.54, 1.807) is 7.11 Å². The summed E-state index contributed by atoms with van der Waals surface area (Å²) >= 11 is 1.38. The fraction of sp³-hybridized carbons (Fsp3) is 0.238. The summed E-state index contributed by atoms with van der Waals surface area (Å²) in [6, 6.07) is 12.6. The minimum Gasteiger partial charge on any atom is -0.497 e. The van der Waals surface area contributed by atoms with Crippen molar-refractivity contribution < 1.29 is 18.7 Å². The smallest absolute Gasteiger partial charge is 0.336 e. The second-order valence-electron chi connectivity index (χ2n) is 6.15. The first-order valence-corrected chi connectivity index (χ1v) is 9.41. The predicted molar refractivity (Wildman–Crippen MR) is 105 cm³/mol. The van der Waals surface area contributed by atoms with E-state index in [9.17, 15) is 9.59 Å². The van der Waals surface area contributed by atoms with Crippen LogP contribution in [0.2, 0.25) is 0 Å². The van der Waals surface area contributed by atoms with E-state index in [0.717, 1.165) is 27.2 Å². The average molecular weight is 384 g/mol. The van der Waals surface area contributed by atoms with Crippen LogP contribution in [-0.4, -0.2) is 18.8 Å². The molecule has 3 rings (SSSR count). The third kappa shape index (κ3) is 4.71. The summed E-state index contributed by atoms with van der Waals surface area (Å²) in [5.74, 6) is 0.604. The van der Waals surface area contributed by atoms with Crippen molar-refractivity contribution in [3.8, 4) is 5.75 Å². The molecule has 0 unspecified atom stereocenters. The van der Waals surface area contributed by atoms with Crippen LogP contribution in [0.15, 0.2) is 56.6 Å². The van der Waals surface area contributed by atoms with E-state index in [1.807, 2.05) is 50.2 Å². The maximum absolute atomic E-state index is 12.1. The summed E-state index contributed by atoms with van der Waals surface area (Å²) in [5.41, 5.74) is 2.82. The molecule has 0 radical (unpaired) electrons. The third-order valence-electron chi connectivity index (χ3n) is 4.25. The molecule has 0 atom stereocenters. The van der Waals surface area contributed by atoms with Crippen LogP contribution in [0, 0.1) is 13.8 Å². The topological polar surface area (TPSA) is 65.7 Å². The summed E-state index contributed by atoms with van der Waals surface area (Å²) in [5, 5.41) is 0.785. The Bertz CT molecular complexity index is 1020. The Hall–Kier alpha value is -2.73. The molecule has 0 amide bonds. The van der Waals surface area contributed by atoms with Gasteiger partial charge in [0.25, 0.3) is 0 Å². The second kappa shape index (κ2) is 8.31. The SMILES string of the molecule is COc1ccc(SCC(=O)OCc2cc(=O)oc3cc(C)c(C)cc23)cc1. The van der Waals surface area contributed by atoms with Gasteiger partial charge < -0.3 is 13.9 Å². The van der Waals surface area contributed by atoms with E-state index < -0.39 is 5.63 Å². The lowest BCUT2D eigenvalue weighted by atomic mass is 10.0. The van der Waals surface area contributed by atoms with Crippen LogP contribution >= 0.6 is 11.8 Å². The molecule has 0 aliphatic heterocycles. The Kier molecular flexibility index (Phi) is 5.86. The van der Waals surface area contributed by atoms with Crippen molar-refractivity contribution in [1.82, 2.24) is 0 Å². The molecule has 0 saturated carbocycles. The molecule has 0 spiro atoms. The number of methoxy groups -OCH3 is 1. The monoisotopic (exact) mass is 384 g/mol. The number of fused-ring (bicyclic) bond motifs is 1. The highest BCUT2D eigenvalue weighted by Crippen LogP contribution is 2.23. The van der Waals surface area contributed by atoms with Crippen molar-refractivity contribution in [1.29, 1.82) is 0 Å². The number of aryl methyl sites for hydroxylation is 2. The average Bonchev–Trinajstić information content (AvgIpc) is 2.66. The quantitative estimate of drug-likeness (QED) is 0.360. The van der Waals surface area contributed by atoms with Crippen molar-refractivity contribution in [2.24, 2.45) is 0 Å². The van der Waals surface area contributed by atoms with Gasteiger partial charge in [0.15, 0.2) is 0 Å². The van der Waals surface area contributed by atoms with E-state index in [4.69, 9.17) is 13.9 Å². The molecule has 5 nitrogen and oxygen atoms in total. The molecular weight excluding hydrogens is 364 g/mol. The van der Waals surface area contributed by atoms with Crippen molar-refractivity contribution in [3.05, 3.63) is 69.6 Å². The van der Waals surface area contributed by atoms with E-state index in [0.29, 0.717) is 11.1 Å². The van der Waals surface area contributed by atoms with Crippen LogP contribution in [0.3, 0.4) is 0 Å². The van der Waals surface area contributed by atoms with Gasteiger partial charge in [-0.05, 0) is 61.4 Å². The Morgan fingerprint density at radius 1 is 1.07 bits per heavy atom. The molecule has 6 heteroatoms. The summed E-state index contributed by atoms with van der Waals surface area (Å²) in [7, 11) is 1.61. The summed E-state index contributed by atoms with van der Waals surface area (Å²) < 4.78 is 15.7. The normalized spacial score (nSPS) is 10.8. The third-order valence-corrected chi connectivity index (χ3v) is 5.23. The molecule has 1 aromatic heterocycles. The minimum absolute atomic E-state index is 0.0343. The molecule has 3 aromatic rings. The fourth-order valence-corrected chi connectivity index (χ4v) is 3.31. The van der Waals surface area contributed by atoms with Crippen LogP contribution in [0.5, 0.6) is 5.75 Å². The molecule has 140 valence electrons. The standard InChI is InChI=1S/C21H20O5S/c1-13-8-18-15(10-20(22)26-19(18)9-14(13)2)11-25-21(23)12-27-17-6-4-16(24-3)5-7-17/h4-10H,11-12H2,1-3H3. The molecule has 0 saturated heterocycles. The highest BCUT2D eigenvalue weighted by molar-refractivity contribution is 8.00. The second-order valence-corrected chi connectivity index (χ2v) is 7.20. The lowest BCUT2D eigenvalue weighted by Crippen LogP contribution is -2.09. The summed E-state index contributed by atoms with van der Waals surface area (Å²) in [6.45, 7) is 3.98. The van der Waals surface area contributed by atoms with E-state index in [1.165, 1.54) is 17.8 Å². The number of carbonyl (C=O) groups excluding carboxylic acids is 1. The minimum atomic E-state index is -0.454. The van der Waals surface area contributed by atoms with Gasteiger partial charge in [0.05, 0.1) is 12.9 Å². The molecule has 0 N–H and O–H groups in total. The van der Waals surface area contributed by atoms with Crippen molar-refractivity contribution in [2.75, 3.05) is 12.9 Å². The highest BCUT2D eigenvalue weighted by atomic mass is 32.2. The van der Waals surface area contributed by atoms with Crippen molar-refractivity contribution in [3.63, 3.8) is 0 Å². The van der Waals surface area contributed by atoms with Gasteiger partial charge in [-0.1, -0.05) is 0 Å². The first-order valence-electron chi connectivity index (χ1n) is 8.42. The predicted octanol–water partition coefficient (Wildman–Crippen LogP) is 4.25. The van der Waals surface area contributed by atoms with Gasteiger partial charge in [-0.25, -0.2) is 4.79 Å². The Morgan fingerprint density at radius 3 is 2.48 bits per heavy atom. The molecule has 27 heavy (non-hydrogen) atoms. The van der Waals surface area contributed by atoms with Crippen LogP contribution in [0.1, 0.15) is 16.7 Å². The summed E-state index contributed by atoms with van der Waals surface area (Å²) in [6.07, 6.45) is 0. The highest BCUT2D eigenvalue weighted by Gasteiger charge is 2.11. The molecule has 0 bridgehead atoms. The number of hydrogen-bond acceptors (Lipinski definition) is 6. The Morgan fingerprint density at radius 2 is 1.78 bits per heavy atom. The van der Waals surface area contributed by atoms with Gasteiger partial charge in [-0.15, -0.1) is 11.8 Å². The molecule has 0 fully saturated rings. The number of benzene rings is 2. The first-order chi connectivity index (χ1) is 13.0. The zero-order chi connectivity index (χ0) is 19.4. The van der Waals surface area contributed by atoms with Crippen molar-refractivity contribution in [2.45, 2.75) is 25.3 Å². The van der Waals surface area contributed by atoms with E-state index in [2.05, 4.69) is 0 Å². The lowest BCUT2D eigenvalue weighted by Gasteiger charge is -2.09. The van der Waals surface area contributed by atoms with Crippen molar-refractivity contribution >= 4 is 28.7 Å². The largest absolute Gasteiger partial charge is 0.497 e. The van der Waals surface area contributed by atoms with Crippen LogP contribution in [0.4, 0.5) is 0 Å². The number of hydrogen-bond donors (Lipinski definition) is 0. The Labute approximate surface area is 161 Å². The van der Waals surface area contributed by atoms with Gasteiger partial charge in [0.1, 0.15) is 17.9 Å². The van der Waals surface area contributed by atoms with Gasteiger partial charge >= 0.3 is 11.6 Å². The zero-order valence-corrected chi connectivity index (χ0v) is 16.2. The van der Waals surface area contributed by atoms with Gasteiger partial charge in [0, 0.05) is 21.9 Å². The molecule has 1 heterocycles.